The van der Waals surface area contributed by atoms with Crippen molar-refractivity contribution in [2.45, 2.75) is 56.5 Å². The van der Waals surface area contributed by atoms with Crippen LogP contribution in [0.15, 0.2) is 17.1 Å². The Morgan fingerprint density at radius 3 is 2.52 bits per heavy atom. The molecule has 5 heteroatoms. The van der Waals surface area contributed by atoms with Crippen LogP contribution in [-0.4, -0.2) is 60.6 Å². The molecule has 2 N–H and O–H groups in total. The second kappa shape index (κ2) is 8.43. The monoisotopic (exact) mass is 336 g/mol. The minimum absolute atomic E-state index is 0.352. The van der Waals surface area contributed by atoms with Gasteiger partial charge in [-0.2, -0.15) is 11.8 Å². The topological polar surface area (TPSA) is 39.7 Å². The summed E-state index contributed by atoms with van der Waals surface area (Å²) < 4.78 is 0. The van der Waals surface area contributed by atoms with Crippen LogP contribution in [0.4, 0.5) is 0 Å². The second-order valence-electron chi connectivity index (χ2n) is 7.09. The van der Waals surface area contributed by atoms with Crippen LogP contribution in [0.1, 0.15) is 44.9 Å². The quantitative estimate of drug-likeness (QED) is 0.470. The molecule has 2 fully saturated rings. The van der Waals surface area contributed by atoms with Gasteiger partial charge in [-0.3, -0.25) is 9.89 Å². The van der Waals surface area contributed by atoms with Gasteiger partial charge in [0.15, 0.2) is 5.96 Å². The zero-order valence-corrected chi connectivity index (χ0v) is 15.3. The maximum atomic E-state index is 4.46. The molecule has 0 unspecified atom stereocenters. The van der Waals surface area contributed by atoms with Gasteiger partial charge in [-0.15, -0.1) is 0 Å². The number of nitrogens with one attached hydrogen (secondary N) is 2. The summed E-state index contributed by atoms with van der Waals surface area (Å²) in [5.74, 6) is 3.57. The van der Waals surface area contributed by atoms with Crippen LogP contribution >= 0.6 is 11.8 Å². The number of nitrogens with zero attached hydrogens (tertiary/aromatic N) is 2. The minimum Gasteiger partial charge on any atom is -0.355 e. The van der Waals surface area contributed by atoms with E-state index in [0.717, 1.165) is 25.3 Å². The Bertz CT molecular complexity index is 415. The van der Waals surface area contributed by atoms with E-state index >= 15 is 0 Å². The van der Waals surface area contributed by atoms with Crippen LogP contribution in [0.25, 0.3) is 0 Å². The highest BCUT2D eigenvalue weighted by atomic mass is 32.2. The largest absolute Gasteiger partial charge is 0.355 e. The van der Waals surface area contributed by atoms with E-state index in [4.69, 9.17) is 0 Å². The first-order valence-corrected chi connectivity index (χ1v) is 10.4. The van der Waals surface area contributed by atoms with Gasteiger partial charge < -0.3 is 10.6 Å². The molecule has 0 aromatic rings. The number of rotatable bonds is 4. The molecule has 1 saturated carbocycles. The molecule has 0 bridgehead atoms. The lowest BCUT2D eigenvalue weighted by molar-refractivity contribution is 0.0625. The zero-order chi connectivity index (χ0) is 16.0. The summed E-state index contributed by atoms with van der Waals surface area (Å²) in [6.07, 6.45) is 13.6. The minimum atomic E-state index is 0.352. The third-order valence-corrected chi connectivity index (χ3v) is 6.57. The lowest BCUT2D eigenvalue weighted by Gasteiger charge is -2.48. The third-order valence-electron chi connectivity index (χ3n) is 5.62. The molecular formula is C18H32N4S. The van der Waals surface area contributed by atoms with Crippen molar-refractivity contribution in [2.75, 3.05) is 38.2 Å². The molecule has 1 aliphatic heterocycles. The molecule has 0 aromatic carbocycles. The van der Waals surface area contributed by atoms with Crippen LogP contribution in [0, 0.1) is 0 Å². The third kappa shape index (κ3) is 4.44. The standard InChI is InChI=1S/C18H32N4S/c1-19-17(21-16-7-3-4-8-16)20-15-18(9-5-2-6-10-18)22-11-13-23-14-12-22/h3-4,16H,2,5-15H2,1H3,(H2,19,20,21). The van der Waals surface area contributed by atoms with E-state index in [-0.39, 0.29) is 0 Å². The SMILES string of the molecule is CN=C(NCC1(N2CCSCC2)CCCCC1)NC1CC=CC1. The van der Waals surface area contributed by atoms with Crippen molar-refractivity contribution in [2.24, 2.45) is 4.99 Å². The molecule has 23 heavy (non-hydrogen) atoms. The number of guanidine groups is 1. The van der Waals surface area contributed by atoms with E-state index in [0.29, 0.717) is 11.6 Å². The van der Waals surface area contributed by atoms with Gasteiger partial charge in [0.05, 0.1) is 0 Å². The average Bonchev–Trinajstić information content (AvgIpc) is 3.13. The van der Waals surface area contributed by atoms with Crippen molar-refractivity contribution in [3.05, 3.63) is 12.2 Å². The molecule has 2 aliphatic carbocycles. The highest BCUT2D eigenvalue weighted by molar-refractivity contribution is 7.99. The summed E-state index contributed by atoms with van der Waals surface area (Å²) in [7, 11) is 1.89. The molecule has 3 rings (SSSR count). The highest BCUT2D eigenvalue weighted by Crippen LogP contribution is 2.34. The fourth-order valence-corrected chi connectivity index (χ4v) is 5.13. The van der Waals surface area contributed by atoms with Gasteiger partial charge >= 0.3 is 0 Å². The van der Waals surface area contributed by atoms with Crippen molar-refractivity contribution in [3.8, 4) is 0 Å². The van der Waals surface area contributed by atoms with Crippen LogP contribution in [-0.2, 0) is 0 Å². The first-order chi connectivity index (χ1) is 11.3. The Morgan fingerprint density at radius 1 is 1.17 bits per heavy atom. The van der Waals surface area contributed by atoms with E-state index in [9.17, 15) is 0 Å². The molecule has 4 nitrogen and oxygen atoms in total. The predicted molar refractivity (Wildman–Crippen MR) is 101 cm³/mol. The summed E-state index contributed by atoms with van der Waals surface area (Å²) >= 11 is 2.11. The van der Waals surface area contributed by atoms with Gasteiger partial charge in [-0.25, -0.2) is 0 Å². The van der Waals surface area contributed by atoms with E-state index in [1.54, 1.807) is 0 Å². The van der Waals surface area contributed by atoms with Crippen molar-refractivity contribution in [3.63, 3.8) is 0 Å². The molecular weight excluding hydrogens is 304 g/mol. The van der Waals surface area contributed by atoms with Crippen molar-refractivity contribution >= 4 is 17.7 Å². The molecule has 0 spiro atoms. The van der Waals surface area contributed by atoms with Gasteiger partial charge in [-0.05, 0) is 25.7 Å². The van der Waals surface area contributed by atoms with Crippen LogP contribution in [0.2, 0.25) is 0 Å². The molecule has 1 heterocycles. The van der Waals surface area contributed by atoms with Gasteiger partial charge in [0, 0.05) is 49.8 Å². The molecule has 0 aromatic heterocycles. The van der Waals surface area contributed by atoms with Crippen LogP contribution < -0.4 is 10.6 Å². The zero-order valence-electron chi connectivity index (χ0n) is 14.5. The van der Waals surface area contributed by atoms with Gasteiger partial charge in [0.2, 0.25) is 0 Å². The molecule has 0 radical (unpaired) electrons. The number of thioether (sulfide) groups is 1. The fraction of sp³-hybridized carbons (Fsp3) is 0.833. The van der Waals surface area contributed by atoms with E-state index in [1.165, 1.54) is 56.7 Å². The van der Waals surface area contributed by atoms with E-state index < -0.39 is 0 Å². The molecule has 130 valence electrons. The lowest BCUT2D eigenvalue weighted by atomic mass is 9.80. The van der Waals surface area contributed by atoms with Gasteiger partial charge in [0.1, 0.15) is 0 Å². The molecule has 0 atom stereocenters. The summed E-state index contributed by atoms with van der Waals surface area (Å²) in [4.78, 5) is 7.23. The first kappa shape index (κ1) is 17.2. The maximum Gasteiger partial charge on any atom is 0.191 e. The maximum absolute atomic E-state index is 4.46. The smallest absolute Gasteiger partial charge is 0.191 e. The van der Waals surface area contributed by atoms with Gasteiger partial charge in [-0.1, -0.05) is 31.4 Å². The van der Waals surface area contributed by atoms with Crippen molar-refractivity contribution in [1.82, 2.24) is 15.5 Å². The summed E-state index contributed by atoms with van der Waals surface area (Å²) in [6, 6.07) is 0.523. The summed E-state index contributed by atoms with van der Waals surface area (Å²) in [5.41, 5.74) is 0.352. The summed E-state index contributed by atoms with van der Waals surface area (Å²) in [5, 5.41) is 7.25. The van der Waals surface area contributed by atoms with Crippen molar-refractivity contribution < 1.29 is 0 Å². The Hall–Kier alpha value is -0.680. The lowest BCUT2D eigenvalue weighted by Crippen LogP contribution is -2.60. The highest BCUT2D eigenvalue weighted by Gasteiger charge is 2.38. The number of aliphatic imine (C=N–C) groups is 1. The molecule has 1 saturated heterocycles. The average molecular weight is 337 g/mol. The fourth-order valence-electron chi connectivity index (χ4n) is 4.22. The Kier molecular flexibility index (Phi) is 6.29. The molecule has 3 aliphatic rings. The van der Waals surface area contributed by atoms with Crippen molar-refractivity contribution in [1.29, 1.82) is 0 Å². The Morgan fingerprint density at radius 2 is 1.87 bits per heavy atom. The van der Waals surface area contributed by atoms with Gasteiger partial charge in [0.25, 0.3) is 0 Å². The van der Waals surface area contributed by atoms with Crippen LogP contribution in [0.5, 0.6) is 0 Å². The number of hydrogen-bond donors (Lipinski definition) is 2. The van der Waals surface area contributed by atoms with Crippen LogP contribution in [0.3, 0.4) is 0 Å². The van der Waals surface area contributed by atoms with E-state index in [1.807, 2.05) is 7.05 Å². The Balaban J connectivity index is 1.58. The predicted octanol–water partition coefficient (Wildman–Crippen LogP) is 2.62. The summed E-state index contributed by atoms with van der Waals surface area (Å²) in [6.45, 7) is 3.55. The van der Waals surface area contributed by atoms with E-state index in [2.05, 4.69) is 44.4 Å². The molecule has 0 amide bonds. The number of hydrogen-bond acceptors (Lipinski definition) is 3. The second-order valence-corrected chi connectivity index (χ2v) is 8.32. The first-order valence-electron chi connectivity index (χ1n) is 9.27. The normalized spacial score (nSPS) is 26.4. The Labute approximate surface area is 145 Å².